The summed E-state index contributed by atoms with van der Waals surface area (Å²) in [5, 5.41) is 2.73. The van der Waals surface area contributed by atoms with Crippen LogP contribution < -0.4 is 5.32 Å². The quantitative estimate of drug-likeness (QED) is 0.698. The zero-order chi connectivity index (χ0) is 19.4. The van der Waals surface area contributed by atoms with E-state index in [-0.39, 0.29) is 29.1 Å². The standard InChI is InChI=1S/C19H35N3O4S/c1-15(2)12-21-7-9-26-16(13-21)11-20-19(23)14-22-8-10-27(24,25)18-6-4-3-5-17(18)22/h15-18H,3-14H2,1-2H3,(H,20,23)/t16-,17+,18-/m1/s1. The second-order valence-corrected chi connectivity index (χ2v) is 11.0. The molecule has 3 rings (SSSR count). The van der Waals surface area contributed by atoms with Crippen molar-refractivity contribution in [3.63, 3.8) is 0 Å². The molecule has 1 aliphatic carbocycles. The van der Waals surface area contributed by atoms with Gasteiger partial charge in [-0.1, -0.05) is 26.7 Å². The molecular weight excluding hydrogens is 366 g/mol. The number of nitrogens with zero attached hydrogens (tertiary/aromatic N) is 2. The van der Waals surface area contributed by atoms with Gasteiger partial charge in [0.25, 0.3) is 0 Å². The van der Waals surface area contributed by atoms with Crippen LogP contribution in [0, 0.1) is 5.92 Å². The highest BCUT2D eigenvalue weighted by Crippen LogP contribution is 2.31. The molecule has 7 nitrogen and oxygen atoms in total. The summed E-state index contributed by atoms with van der Waals surface area (Å²) in [5.41, 5.74) is 0. The molecule has 2 aliphatic heterocycles. The lowest BCUT2D eigenvalue weighted by atomic mass is 9.93. The van der Waals surface area contributed by atoms with E-state index in [1.807, 2.05) is 0 Å². The second kappa shape index (κ2) is 9.20. The zero-order valence-electron chi connectivity index (χ0n) is 16.7. The topological polar surface area (TPSA) is 79.0 Å². The molecule has 27 heavy (non-hydrogen) atoms. The van der Waals surface area contributed by atoms with Crippen LogP contribution in [0.4, 0.5) is 0 Å². The average Bonchev–Trinajstić information content (AvgIpc) is 2.62. The predicted octanol–water partition coefficient (Wildman–Crippen LogP) is 0.501. The maximum Gasteiger partial charge on any atom is 0.234 e. The summed E-state index contributed by atoms with van der Waals surface area (Å²) in [7, 11) is -3.00. The van der Waals surface area contributed by atoms with Crippen molar-refractivity contribution in [3.05, 3.63) is 0 Å². The van der Waals surface area contributed by atoms with Gasteiger partial charge < -0.3 is 10.1 Å². The number of rotatable bonds is 6. The number of nitrogens with one attached hydrogen (secondary N) is 1. The first-order chi connectivity index (χ1) is 12.8. The molecule has 0 aromatic heterocycles. The molecule has 3 aliphatic rings. The number of morpholine rings is 1. The van der Waals surface area contributed by atoms with Crippen LogP contribution in [0.5, 0.6) is 0 Å². The maximum absolute atomic E-state index is 12.5. The van der Waals surface area contributed by atoms with Gasteiger partial charge in [0.1, 0.15) is 0 Å². The van der Waals surface area contributed by atoms with Gasteiger partial charge in [-0.25, -0.2) is 8.42 Å². The van der Waals surface area contributed by atoms with Crippen molar-refractivity contribution in [1.82, 2.24) is 15.1 Å². The number of hydrogen-bond donors (Lipinski definition) is 1. The van der Waals surface area contributed by atoms with Crippen molar-refractivity contribution >= 4 is 15.7 Å². The first-order valence-corrected chi connectivity index (χ1v) is 12.1. The average molecular weight is 402 g/mol. The van der Waals surface area contributed by atoms with Crippen LogP contribution in [0.25, 0.3) is 0 Å². The third kappa shape index (κ3) is 5.65. The van der Waals surface area contributed by atoms with Crippen molar-refractivity contribution in [2.45, 2.75) is 56.9 Å². The number of fused-ring (bicyclic) bond motifs is 1. The maximum atomic E-state index is 12.5. The molecule has 1 N–H and O–H groups in total. The van der Waals surface area contributed by atoms with Gasteiger partial charge in [0, 0.05) is 38.8 Å². The van der Waals surface area contributed by atoms with Gasteiger partial charge in [-0.15, -0.1) is 0 Å². The number of sulfone groups is 1. The van der Waals surface area contributed by atoms with Gasteiger partial charge in [-0.2, -0.15) is 0 Å². The Hall–Kier alpha value is -0.700. The Kier molecular flexibility index (Phi) is 7.16. The highest BCUT2D eigenvalue weighted by Gasteiger charge is 2.42. The molecule has 3 fully saturated rings. The van der Waals surface area contributed by atoms with E-state index in [9.17, 15) is 13.2 Å². The van der Waals surface area contributed by atoms with Crippen molar-refractivity contribution in [2.75, 3.05) is 51.6 Å². The summed E-state index contributed by atoms with van der Waals surface area (Å²) in [6.07, 6.45) is 3.69. The van der Waals surface area contributed by atoms with Gasteiger partial charge in [0.05, 0.1) is 30.3 Å². The largest absolute Gasteiger partial charge is 0.374 e. The highest BCUT2D eigenvalue weighted by atomic mass is 32.2. The molecule has 2 saturated heterocycles. The van der Waals surface area contributed by atoms with E-state index in [0.717, 1.165) is 45.3 Å². The third-order valence-electron chi connectivity index (χ3n) is 5.98. The fraction of sp³-hybridized carbons (Fsp3) is 0.947. The van der Waals surface area contributed by atoms with Crippen LogP contribution in [0.2, 0.25) is 0 Å². The van der Waals surface area contributed by atoms with Crippen LogP contribution in [0.1, 0.15) is 39.5 Å². The lowest BCUT2D eigenvalue weighted by Crippen LogP contribution is -2.58. The number of amides is 1. The minimum Gasteiger partial charge on any atom is -0.374 e. The van der Waals surface area contributed by atoms with E-state index in [2.05, 4.69) is 29.0 Å². The normalized spacial score (nSPS) is 32.2. The van der Waals surface area contributed by atoms with Crippen molar-refractivity contribution in [2.24, 2.45) is 5.92 Å². The first kappa shape index (κ1) is 21.0. The second-order valence-electron chi connectivity index (χ2n) is 8.68. The van der Waals surface area contributed by atoms with Crippen molar-refractivity contribution in [3.8, 4) is 0 Å². The summed E-state index contributed by atoms with van der Waals surface area (Å²) < 4.78 is 30.5. The number of carbonyl (C=O) groups is 1. The lowest BCUT2D eigenvalue weighted by molar-refractivity contribution is -0.124. The Morgan fingerprint density at radius 1 is 1.22 bits per heavy atom. The number of ether oxygens (including phenoxy) is 1. The number of carbonyl (C=O) groups excluding carboxylic acids is 1. The Labute approximate surface area is 163 Å². The molecule has 2 heterocycles. The molecule has 156 valence electrons. The minimum atomic E-state index is -3.00. The smallest absolute Gasteiger partial charge is 0.234 e. The summed E-state index contributed by atoms with van der Waals surface area (Å²) in [6, 6.07) is 0.00992. The van der Waals surface area contributed by atoms with E-state index >= 15 is 0 Å². The van der Waals surface area contributed by atoms with Crippen LogP contribution in [0.15, 0.2) is 0 Å². The summed E-state index contributed by atoms with van der Waals surface area (Å²) >= 11 is 0. The fourth-order valence-corrected chi connectivity index (χ4v) is 6.83. The van der Waals surface area contributed by atoms with E-state index in [4.69, 9.17) is 4.74 Å². The van der Waals surface area contributed by atoms with E-state index in [0.29, 0.717) is 32.2 Å². The van der Waals surface area contributed by atoms with Crippen molar-refractivity contribution in [1.29, 1.82) is 0 Å². The van der Waals surface area contributed by atoms with Gasteiger partial charge in [-0.05, 0) is 18.8 Å². The fourth-order valence-electron chi connectivity index (χ4n) is 4.73. The molecule has 0 aromatic carbocycles. The molecule has 0 unspecified atom stereocenters. The first-order valence-electron chi connectivity index (χ1n) is 10.4. The van der Waals surface area contributed by atoms with E-state index in [1.165, 1.54) is 0 Å². The van der Waals surface area contributed by atoms with Gasteiger partial charge >= 0.3 is 0 Å². The molecule has 0 spiro atoms. The van der Waals surface area contributed by atoms with Gasteiger partial charge in [0.15, 0.2) is 9.84 Å². The van der Waals surface area contributed by atoms with Crippen LogP contribution >= 0.6 is 0 Å². The number of hydrogen-bond acceptors (Lipinski definition) is 6. The third-order valence-corrected chi connectivity index (χ3v) is 8.20. The minimum absolute atomic E-state index is 0.00992. The monoisotopic (exact) mass is 401 g/mol. The van der Waals surface area contributed by atoms with Gasteiger partial charge in [0.2, 0.25) is 5.91 Å². The molecular formula is C19H35N3O4S. The SMILES string of the molecule is CC(C)CN1CCO[C@H](CNC(=O)CN2CCS(=O)(=O)[C@@H]3CCCC[C@@H]32)C1. The molecule has 1 saturated carbocycles. The Morgan fingerprint density at radius 2 is 2.00 bits per heavy atom. The highest BCUT2D eigenvalue weighted by molar-refractivity contribution is 7.92. The molecule has 0 radical (unpaired) electrons. The molecule has 0 aromatic rings. The molecule has 8 heteroatoms. The Bertz CT molecular complexity index is 610. The van der Waals surface area contributed by atoms with E-state index in [1.54, 1.807) is 0 Å². The van der Waals surface area contributed by atoms with Crippen LogP contribution in [0.3, 0.4) is 0 Å². The summed E-state index contributed by atoms with van der Waals surface area (Å²) in [6.45, 7) is 9.28. The summed E-state index contributed by atoms with van der Waals surface area (Å²) in [5.74, 6) is 0.775. The Morgan fingerprint density at radius 3 is 2.78 bits per heavy atom. The zero-order valence-corrected chi connectivity index (χ0v) is 17.5. The molecule has 1 amide bonds. The van der Waals surface area contributed by atoms with Crippen LogP contribution in [-0.2, 0) is 19.4 Å². The van der Waals surface area contributed by atoms with Gasteiger partial charge in [-0.3, -0.25) is 14.6 Å². The van der Waals surface area contributed by atoms with Crippen molar-refractivity contribution < 1.29 is 17.9 Å². The predicted molar refractivity (Wildman–Crippen MR) is 105 cm³/mol. The molecule has 3 atom stereocenters. The van der Waals surface area contributed by atoms with Crippen LogP contribution in [-0.4, -0.2) is 93.1 Å². The molecule has 0 bridgehead atoms. The summed E-state index contributed by atoms with van der Waals surface area (Å²) in [4.78, 5) is 17.0. The van der Waals surface area contributed by atoms with E-state index < -0.39 is 9.84 Å². The Balaban J connectivity index is 1.46. The lowest BCUT2D eigenvalue weighted by Gasteiger charge is -2.43.